The Kier molecular flexibility index (Phi) is 6.22. The number of likely N-dealkylation sites (N-methyl/N-ethyl adjacent to an activating group) is 1. The van der Waals surface area contributed by atoms with E-state index in [2.05, 4.69) is 62.1 Å². The van der Waals surface area contributed by atoms with Crippen molar-refractivity contribution < 1.29 is 0 Å². The second-order valence-electron chi connectivity index (χ2n) is 8.14. The Morgan fingerprint density at radius 3 is 2.75 bits per heavy atom. The molecule has 4 N–H and O–H groups in total. The SMILES string of the molecule is CN/C=C(\C(=N)c1cnn(C)c1)c1cnc2c(c1)N(C)C(NC1=NNC(C(C)C)S1)C=C2. The first-order valence-electron chi connectivity index (χ1n) is 10.5. The van der Waals surface area contributed by atoms with Gasteiger partial charge in [-0.3, -0.25) is 20.5 Å². The van der Waals surface area contributed by atoms with E-state index in [1.54, 1.807) is 22.6 Å². The first kappa shape index (κ1) is 21.9. The number of allylic oxidation sites excluding steroid dienone is 1. The summed E-state index contributed by atoms with van der Waals surface area (Å²) in [6.07, 6.45) is 11.2. The number of fused-ring (bicyclic) bond motifs is 1. The quantitative estimate of drug-likeness (QED) is 0.500. The minimum atomic E-state index is -0.0481. The third-order valence-electron chi connectivity index (χ3n) is 5.40. The van der Waals surface area contributed by atoms with E-state index in [1.165, 1.54) is 0 Å². The van der Waals surface area contributed by atoms with E-state index in [0.29, 0.717) is 11.6 Å². The summed E-state index contributed by atoms with van der Waals surface area (Å²) in [6, 6.07) is 2.08. The Balaban J connectivity index is 1.57. The van der Waals surface area contributed by atoms with Crippen molar-refractivity contribution in [2.45, 2.75) is 25.4 Å². The molecule has 4 rings (SSSR count). The van der Waals surface area contributed by atoms with Gasteiger partial charge in [-0.05, 0) is 24.1 Å². The predicted molar refractivity (Wildman–Crippen MR) is 132 cm³/mol. The Morgan fingerprint density at radius 1 is 1.28 bits per heavy atom. The number of hydrogen-bond acceptors (Lipinski definition) is 9. The Morgan fingerprint density at radius 2 is 2.09 bits per heavy atom. The maximum Gasteiger partial charge on any atom is 0.184 e. The summed E-state index contributed by atoms with van der Waals surface area (Å²) in [5.74, 6) is 0.489. The van der Waals surface area contributed by atoms with E-state index in [4.69, 9.17) is 5.41 Å². The molecule has 32 heavy (non-hydrogen) atoms. The van der Waals surface area contributed by atoms with Crippen molar-refractivity contribution in [2.75, 3.05) is 19.0 Å². The van der Waals surface area contributed by atoms with Gasteiger partial charge < -0.3 is 15.5 Å². The number of aryl methyl sites for hydroxylation is 1. The number of rotatable bonds is 6. The molecule has 9 nitrogen and oxygen atoms in total. The molecule has 0 bridgehead atoms. The smallest absolute Gasteiger partial charge is 0.184 e. The fourth-order valence-corrected chi connectivity index (χ4v) is 4.46. The molecule has 0 radical (unpaired) electrons. The minimum absolute atomic E-state index is 0.0481. The van der Waals surface area contributed by atoms with Crippen LogP contribution >= 0.6 is 11.8 Å². The molecule has 0 aromatic carbocycles. The van der Waals surface area contributed by atoms with Crippen LogP contribution in [-0.2, 0) is 7.05 Å². The van der Waals surface area contributed by atoms with Crippen molar-refractivity contribution in [3.63, 3.8) is 0 Å². The molecule has 0 amide bonds. The highest BCUT2D eigenvalue weighted by Gasteiger charge is 2.27. The molecular weight excluding hydrogens is 422 g/mol. The molecule has 0 saturated heterocycles. The van der Waals surface area contributed by atoms with Crippen molar-refractivity contribution in [2.24, 2.45) is 18.1 Å². The Labute approximate surface area is 192 Å². The lowest BCUT2D eigenvalue weighted by Gasteiger charge is -2.33. The van der Waals surface area contributed by atoms with Gasteiger partial charge in [0.05, 0.1) is 28.7 Å². The van der Waals surface area contributed by atoms with Crippen LogP contribution in [0.25, 0.3) is 11.6 Å². The number of pyridine rings is 1. The molecule has 4 heterocycles. The zero-order valence-electron chi connectivity index (χ0n) is 18.9. The van der Waals surface area contributed by atoms with Crippen molar-refractivity contribution in [3.05, 3.63) is 53.8 Å². The van der Waals surface area contributed by atoms with Crippen LogP contribution < -0.4 is 21.0 Å². The van der Waals surface area contributed by atoms with Gasteiger partial charge >= 0.3 is 0 Å². The van der Waals surface area contributed by atoms with Gasteiger partial charge in [-0.1, -0.05) is 25.6 Å². The van der Waals surface area contributed by atoms with Gasteiger partial charge in [0.1, 0.15) is 6.17 Å². The van der Waals surface area contributed by atoms with Crippen molar-refractivity contribution >= 4 is 40.0 Å². The van der Waals surface area contributed by atoms with Crippen LogP contribution in [0.5, 0.6) is 0 Å². The van der Waals surface area contributed by atoms with Crippen LogP contribution in [0.4, 0.5) is 5.69 Å². The molecule has 0 aliphatic carbocycles. The van der Waals surface area contributed by atoms with E-state index < -0.39 is 0 Å². The van der Waals surface area contributed by atoms with Crippen LogP contribution in [0.3, 0.4) is 0 Å². The topological polar surface area (TPSA) is 106 Å². The van der Waals surface area contributed by atoms with Crippen LogP contribution in [0.1, 0.15) is 30.7 Å². The number of aromatic nitrogens is 3. The molecule has 2 atom stereocenters. The highest BCUT2D eigenvalue weighted by molar-refractivity contribution is 8.14. The zero-order valence-corrected chi connectivity index (χ0v) is 19.7. The van der Waals surface area contributed by atoms with Gasteiger partial charge in [-0.15, -0.1) is 0 Å². The van der Waals surface area contributed by atoms with Gasteiger partial charge in [-0.2, -0.15) is 10.2 Å². The van der Waals surface area contributed by atoms with Crippen molar-refractivity contribution in [3.8, 4) is 0 Å². The molecule has 2 aromatic rings. The standard InChI is InChI=1S/C22H29N9S/c1-13(2)21-28-29-22(32-21)27-19-7-6-17-18(31(19)5)8-14(9-25-17)16(11-24-3)20(23)15-10-26-30(4)12-15/h6-13,19,21,23-24,28H,1-5H3,(H,27,29)/b16-11-,23-20?. The average molecular weight is 452 g/mol. The summed E-state index contributed by atoms with van der Waals surface area (Å²) < 4.78 is 1.70. The monoisotopic (exact) mass is 451 g/mol. The molecule has 2 aliphatic rings. The minimum Gasteiger partial charge on any atom is -0.393 e. The van der Waals surface area contributed by atoms with Crippen molar-refractivity contribution in [1.82, 2.24) is 30.8 Å². The van der Waals surface area contributed by atoms with E-state index >= 15 is 0 Å². The third-order valence-corrected chi connectivity index (χ3v) is 6.74. The number of hydrazone groups is 1. The fraction of sp³-hybridized carbons (Fsp3) is 0.364. The highest BCUT2D eigenvalue weighted by Crippen LogP contribution is 2.30. The third kappa shape index (κ3) is 4.36. The van der Waals surface area contributed by atoms with E-state index in [1.807, 2.05) is 45.8 Å². The maximum absolute atomic E-state index is 8.72. The van der Waals surface area contributed by atoms with Crippen LogP contribution in [0.15, 0.2) is 42.0 Å². The van der Waals surface area contributed by atoms with Crippen LogP contribution in [0, 0.1) is 11.3 Å². The molecule has 2 aromatic heterocycles. The number of amidine groups is 1. The number of nitrogens with one attached hydrogen (secondary N) is 4. The lowest BCUT2D eigenvalue weighted by atomic mass is 9.98. The number of anilines is 1. The summed E-state index contributed by atoms with van der Waals surface area (Å²) in [7, 11) is 5.71. The second kappa shape index (κ2) is 9.07. The van der Waals surface area contributed by atoms with Gasteiger partial charge in [-0.25, -0.2) is 0 Å². The maximum atomic E-state index is 8.72. The normalized spacial score (nSPS) is 20.1. The van der Waals surface area contributed by atoms with Gasteiger partial charge in [0.25, 0.3) is 0 Å². The summed E-state index contributed by atoms with van der Waals surface area (Å²) in [6.45, 7) is 4.36. The van der Waals surface area contributed by atoms with Gasteiger partial charge in [0, 0.05) is 56.4 Å². The van der Waals surface area contributed by atoms with E-state index in [0.717, 1.165) is 33.2 Å². The first-order valence-corrected chi connectivity index (χ1v) is 11.4. The summed E-state index contributed by atoms with van der Waals surface area (Å²) in [5, 5.41) is 25.1. The van der Waals surface area contributed by atoms with Crippen LogP contribution in [-0.4, -0.2) is 51.3 Å². The number of thioether (sulfide) groups is 1. The molecule has 10 heteroatoms. The summed E-state index contributed by atoms with van der Waals surface area (Å²) in [4.78, 5) is 6.81. The lowest BCUT2D eigenvalue weighted by molar-refractivity contribution is 0.537. The molecule has 0 spiro atoms. The fourth-order valence-electron chi connectivity index (χ4n) is 3.55. The van der Waals surface area contributed by atoms with Gasteiger partial charge in [0.15, 0.2) is 5.17 Å². The van der Waals surface area contributed by atoms with E-state index in [9.17, 15) is 0 Å². The summed E-state index contributed by atoms with van der Waals surface area (Å²) in [5.41, 5.74) is 7.82. The molecular formula is C22H29N9S. The molecule has 2 aliphatic heterocycles. The summed E-state index contributed by atoms with van der Waals surface area (Å²) >= 11 is 1.71. The zero-order chi connectivity index (χ0) is 22.8. The number of nitrogens with zero attached hydrogens (tertiary/aromatic N) is 5. The molecule has 0 saturated carbocycles. The van der Waals surface area contributed by atoms with E-state index in [-0.39, 0.29) is 11.5 Å². The molecule has 168 valence electrons. The molecule has 0 fully saturated rings. The first-order chi connectivity index (χ1) is 15.4. The lowest BCUT2D eigenvalue weighted by Crippen LogP contribution is -2.45. The Hall–Kier alpha value is -3.27. The highest BCUT2D eigenvalue weighted by atomic mass is 32.2. The second-order valence-corrected chi connectivity index (χ2v) is 9.27. The average Bonchev–Trinajstić information content (AvgIpc) is 3.43. The number of hydrogen-bond donors (Lipinski definition) is 4. The largest absolute Gasteiger partial charge is 0.393 e. The van der Waals surface area contributed by atoms with Crippen LogP contribution in [0.2, 0.25) is 0 Å². The molecule has 2 unspecified atom stereocenters. The van der Waals surface area contributed by atoms with Crippen molar-refractivity contribution in [1.29, 1.82) is 5.41 Å². The predicted octanol–water partition coefficient (Wildman–Crippen LogP) is 2.41. The van der Waals surface area contributed by atoms with Gasteiger partial charge in [0.2, 0.25) is 0 Å². The Bertz CT molecular complexity index is 1100.